The zero-order valence-electron chi connectivity index (χ0n) is 18.9. The van der Waals surface area contributed by atoms with Gasteiger partial charge in [-0.3, -0.25) is 19.0 Å². The molecule has 3 aromatic rings. The Kier molecular flexibility index (Phi) is 5.91. The lowest BCUT2D eigenvalue weighted by Gasteiger charge is -2.38. The largest absolute Gasteiger partial charge is 0.477 e. The Labute approximate surface area is 196 Å². The molecule has 1 atom stereocenters. The first kappa shape index (κ1) is 21.9. The van der Waals surface area contributed by atoms with Gasteiger partial charge in [0.15, 0.2) is 6.10 Å². The molecule has 9 heteroatoms. The lowest BCUT2D eigenvalue weighted by molar-refractivity contribution is -0.139. The predicted octanol–water partition coefficient (Wildman–Crippen LogP) is 1.66. The lowest BCUT2D eigenvalue weighted by atomic mass is 10.1. The molecule has 176 valence electrons. The Hall–Kier alpha value is -3.88. The van der Waals surface area contributed by atoms with E-state index in [0.717, 1.165) is 38.0 Å². The summed E-state index contributed by atoms with van der Waals surface area (Å²) in [6.07, 6.45) is 2.47. The molecule has 0 saturated carbocycles. The van der Waals surface area contributed by atoms with Crippen molar-refractivity contribution in [2.45, 2.75) is 38.5 Å². The molecule has 9 nitrogen and oxygen atoms in total. The van der Waals surface area contributed by atoms with Gasteiger partial charge in [0.2, 0.25) is 5.91 Å². The van der Waals surface area contributed by atoms with E-state index in [2.05, 4.69) is 0 Å². The minimum absolute atomic E-state index is 0.0276. The second-order valence-electron chi connectivity index (χ2n) is 8.74. The average molecular weight is 462 g/mol. The number of piperidine rings is 1. The van der Waals surface area contributed by atoms with Crippen LogP contribution in [0.25, 0.3) is 10.9 Å². The van der Waals surface area contributed by atoms with E-state index in [4.69, 9.17) is 15.5 Å². The van der Waals surface area contributed by atoms with Crippen molar-refractivity contribution in [1.29, 1.82) is 0 Å². The monoisotopic (exact) mass is 461 g/mol. The van der Waals surface area contributed by atoms with Crippen molar-refractivity contribution in [3.63, 3.8) is 0 Å². The van der Waals surface area contributed by atoms with E-state index in [1.54, 1.807) is 18.2 Å². The van der Waals surface area contributed by atoms with Crippen LogP contribution in [0.5, 0.6) is 5.75 Å². The number of carbonyl (C=O) groups is 2. The number of amides is 2. The molecule has 2 N–H and O–H groups in total. The fourth-order valence-electron chi connectivity index (χ4n) is 4.73. The molecule has 2 amide bonds. The predicted molar refractivity (Wildman–Crippen MR) is 128 cm³/mol. The van der Waals surface area contributed by atoms with Crippen LogP contribution in [0.3, 0.4) is 0 Å². The molecule has 0 unspecified atom stereocenters. The maximum Gasteiger partial charge on any atom is 0.265 e. The van der Waals surface area contributed by atoms with Gasteiger partial charge >= 0.3 is 0 Å². The van der Waals surface area contributed by atoms with Gasteiger partial charge in [0, 0.05) is 13.1 Å². The van der Waals surface area contributed by atoms with Gasteiger partial charge in [0.05, 0.1) is 29.7 Å². The summed E-state index contributed by atoms with van der Waals surface area (Å²) in [6, 6.07) is 14.5. The van der Waals surface area contributed by atoms with Crippen molar-refractivity contribution >= 4 is 28.4 Å². The van der Waals surface area contributed by atoms with Crippen molar-refractivity contribution in [2.75, 3.05) is 24.5 Å². The highest BCUT2D eigenvalue weighted by molar-refractivity contribution is 5.83. The van der Waals surface area contributed by atoms with Crippen LogP contribution in [0.2, 0.25) is 0 Å². The van der Waals surface area contributed by atoms with Crippen molar-refractivity contribution in [2.24, 2.45) is 5.73 Å². The number of aromatic nitrogens is 2. The van der Waals surface area contributed by atoms with E-state index >= 15 is 0 Å². The van der Waals surface area contributed by atoms with Gasteiger partial charge in [-0.2, -0.15) is 0 Å². The zero-order chi connectivity index (χ0) is 23.7. The summed E-state index contributed by atoms with van der Waals surface area (Å²) < 4.78 is 7.43. The van der Waals surface area contributed by atoms with Crippen LogP contribution in [0.4, 0.5) is 5.69 Å². The number of nitrogens with zero attached hydrogens (tertiary/aromatic N) is 4. The lowest BCUT2D eigenvalue weighted by Crippen LogP contribution is -2.51. The van der Waals surface area contributed by atoms with Crippen LogP contribution in [0.15, 0.2) is 53.3 Å². The van der Waals surface area contributed by atoms with Gasteiger partial charge in [0.1, 0.15) is 18.1 Å². The first-order valence-corrected chi connectivity index (χ1v) is 11.6. The summed E-state index contributed by atoms with van der Waals surface area (Å²) in [5.41, 5.74) is 6.48. The Morgan fingerprint density at radius 2 is 1.76 bits per heavy atom. The number of anilines is 1. The van der Waals surface area contributed by atoms with Crippen molar-refractivity contribution in [3.8, 4) is 5.75 Å². The van der Waals surface area contributed by atoms with Gasteiger partial charge in [-0.05, 0) is 43.5 Å². The first-order chi connectivity index (χ1) is 16.5. The summed E-state index contributed by atoms with van der Waals surface area (Å²) in [4.78, 5) is 46.7. The third-order valence-corrected chi connectivity index (χ3v) is 6.39. The number of benzene rings is 2. The Morgan fingerprint density at radius 1 is 1.03 bits per heavy atom. The van der Waals surface area contributed by atoms with Crippen LogP contribution < -0.4 is 20.9 Å². The number of carbonyl (C=O) groups excluding carboxylic acids is 2. The van der Waals surface area contributed by atoms with Crippen molar-refractivity contribution < 1.29 is 14.3 Å². The summed E-state index contributed by atoms with van der Waals surface area (Å²) in [5.74, 6) is 0.359. The van der Waals surface area contributed by atoms with Gasteiger partial charge in [-0.15, -0.1) is 0 Å². The highest BCUT2D eigenvalue weighted by Gasteiger charge is 2.34. The maximum atomic E-state index is 13.2. The molecule has 0 spiro atoms. The third kappa shape index (κ3) is 4.21. The molecular formula is C25H27N5O4. The van der Waals surface area contributed by atoms with Crippen LogP contribution in [-0.4, -0.2) is 52.0 Å². The molecule has 1 aromatic heterocycles. The highest BCUT2D eigenvalue weighted by atomic mass is 16.5. The molecule has 2 aromatic carbocycles. The van der Waals surface area contributed by atoms with E-state index in [1.807, 2.05) is 40.1 Å². The van der Waals surface area contributed by atoms with Crippen LogP contribution in [-0.2, 0) is 22.7 Å². The molecule has 34 heavy (non-hydrogen) atoms. The van der Waals surface area contributed by atoms with E-state index < -0.39 is 12.0 Å². The number of likely N-dealkylation sites (tertiary alicyclic amines) is 1. The second kappa shape index (κ2) is 9.17. The molecule has 0 bridgehead atoms. The molecule has 2 aliphatic rings. The Morgan fingerprint density at radius 3 is 2.56 bits per heavy atom. The number of para-hydroxylation sites is 3. The summed E-state index contributed by atoms with van der Waals surface area (Å²) in [6.45, 7) is 1.74. The maximum absolute atomic E-state index is 13.2. The average Bonchev–Trinajstić information content (AvgIpc) is 2.86. The van der Waals surface area contributed by atoms with Crippen molar-refractivity contribution in [1.82, 2.24) is 14.5 Å². The summed E-state index contributed by atoms with van der Waals surface area (Å²) in [5, 5.41) is 0.424. The molecule has 0 aliphatic carbocycles. The second-order valence-corrected chi connectivity index (χ2v) is 8.74. The van der Waals surface area contributed by atoms with Gasteiger partial charge < -0.3 is 20.3 Å². The fourth-order valence-corrected chi connectivity index (χ4v) is 4.73. The van der Waals surface area contributed by atoms with E-state index in [9.17, 15) is 14.4 Å². The number of primary amides is 1. The van der Waals surface area contributed by atoms with Crippen LogP contribution in [0, 0.1) is 0 Å². The Bertz CT molecular complexity index is 1300. The summed E-state index contributed by atoms with van der Waals surface area (Å²) >= 11 is 0. The number of fused-ring (bicyclic) bond motifs is 2. The van der Waals surface area contributed by atoms with Crippen molar-refractivity contribution in [3.05, 3.63) is 64.7 Å². The van der Waals surface area contributed by atoms with Crippen LogP contribution >= 0.6 is 0 Å². The van der Waals surface area contributed by atoms with Gasteiger partial charge in [-0.1, -0.05) is 24.3 Å². The SMILES string of the molecule is NC(=O)Cn1c(CN2C[C@H](C(=O)N3CCCCC3)Oc3ccccc32)nc2ccccc2c1=O. The molecule has 1 fully saturated rings. The molecule has 3 heterocycles. The smallest absolute Gasteiger partial charge is 0.265 e. The number of hydrogen-bond donors (Lipinski definition) is 1. The number of ether oxygens (including phenoxy) is 1. The summed E-state index contributed by atoms with van der Waals surface area (Å²) in [7, 11) is 0. The quantitative estimate of drug-likeness (QED) is 0.619. The van der Waals surface area contributed by atoms with E-state index in [1.165, 1.54) is 4.57 Å². The van der Waals surface area contributed by atoms with Crippen LogP contribution in [0.1, 0.15) is 25.1 Å². The minimum Gasteiger partial charge on any atom is -0.477 e. The zero-order valence-corrected chi connectivity index (χ0v) is 18.9. The molecular weight excluding hydrogens is 434 g/mol. The van der Waals surface area contributed by atoms with Gasteiger partial charge in [-0.25, -0.2) is 4.98 Å². The number of hydrogen-bond acceptors (Lipinski definition) is 6. The number of nitrogens with two attached hydrogens (primary N) is 1. The highest BCUT2D eigenvalue weighted by Crippen LogP contribution is 2.34. The molecule has 5 rings (SSSR count). The minimum atomic E-state index is -0.662. The third-order valence-electron chi connectivity index (χ3n) is 6.39. The Balaban J connectivity index is 1.52. The first-order valence-electron chi connectivity index (χ1n) is 11.6. The van der Waals surface area contributed by atoms with Gasteiger partial charge in [0.25, 0.3) is 11.5 Å². The van der Waals surface area contributed by atoms with E-state index in [-0.39, 0.29) is 24.6 Å². The van der Waals surface area contributed by atoms with E-state index in [0.29, 0.717) is 29.0 Å². The number of rotatable bonds is 5. The fraction of sp³-hybridized carbons (Fsp3) is 0.360. The molecule has 2 aliphatic heterocycles. The standard InChI is InChI=1S/C25H27N5O4/c26-22(31)15-30-23(27-18-9-3-2-8-17(18)24(30)32)16-29-14-21(25(33)28-12-6-1-7-13-28)34-20-11-5-4-10-19(20)29/h2-5,8-11,21H,1,6-7,12-16H2,(H2,26,31)/t21-/m1/s1. The normalized spacial score (nSPS) is 17.8. The molecule has 0 radical (unpaired) electrons. The molecule has 1 saturated heterocycles. The topological polar surface area (TPSA) is 111 Å².